The van der Waals surface area contributed by atoms with Crippen molar-refractivity contribution in [2.24, 2.45) is 0 Å². The number of allylic oxidation sites excluding steroid dienone is 1. The number of carbonyl (C=O) groups excluding carboxylic acids is 2. The van der Waals surface area contributed by atoms with Crippen molar-refractivity contribution >= 4 is 89.3 Å². The highest BCUT2D eigenvalue weighted by atomic mass is 32.1. The first-order valence-corrected chi connectivity index (χ1v) is 22.0. The number of fused-ring (bicyclic) bond motifs is 4. The fraction of sp³-hybridized carbons (Fsp3) is 0.157. The zero-order chi connectivity index (χ0) is 45.3. The first-order chi connectivity index (χ1) is 31.4. The summed E-state index contributed by atoms with van der Waals surface area (Å²) in [6, 6.07) is 23.3. The van der Waals surface area contributed by atoms with Gasteiger partial charge in [0.2, 0.25) is 0 Å². The van der Waals surface area contributed by atoms with E-state index in [-0.39, 0.29) is 34.6 Å². The lowest BCUT2D eigenvalue weighted by molar-refractivity contribution is -0.117. The van der Waals surface area contributed by atoms with Gasteiger partial charge in [-0.25, -0.2) is 9.97 Å². The monoisotopic (exact) mass is 881 g/mol. The summed E-state index contributed by atoms with van der Waals surface area (Å²) in [7, 11) is 0. The van der Waals surface area contributed by atoms with Crippen molar-refractivity contribution in [3.05, 3.63) is 176 Å². The van der Waals surface area contributed by atoms with Crippen LogP contribution in [0, 0.1) is 6.92 Å². The number of aromatic nitrogens is 5. The van der Waals surface area contributed by atoms with Gasteiger partial charge in [0.05, 0.1) is 57.8 Å². The van der Waals surface area contributed by atoms with Crippen LogP contribution >= 0.6 is 11.3 Å². The van der Waals surface area contributed by atoms with E-state index in [1.807, 2.05) is 69.3 Å². The van der Waals surface area contributed by atoms with Crippen LogP contribution in [-0.4, -0.2) is 46.9 Å². The molecule has 7 heterocycles. The summed E-state index contributed by atoms with van der Waals surface area (Å²) < 4.78 is 7.09. The number of H-pyrrole nitrogens is 3. The van der Waals surface area contributed by atoms with E-state index in [0.717, 1.165) is 60.2 Å². The van der Waals surface area contributed by atoms with E-state index < -0.39 is 17.7 Å². The van der Waals surface area contributed by atoms with Crippen molar-refractivity contribution in [1.29, 1.82) is 0 Å². The summed E-state index contributed by atoms with van der Waals surface area (Å²) in [4.78, 5) is 61.7. The van der Waals surface area contributed by atoms with Crippen molar-refractivity contribution in [2.45, 2.75) is 52.6 Å². The number of hydrogen-bond acceptors (Lipinski definition) is 9. The molecule has 11 rings (SSSR count). The maximum Gasteiger partial charge on any atom is 0.294 e. The minimum absolute atomic E-state index is 0.163. The van der Waals surface area contributed by atoms with Crippen LogP contribution in [0.4, 0.5) is 11.4 Å². The van der Waals surface area contributed by atoms with E-state index in [9.17, 15) is 24.6 Å². The highest BCUT2D eigenvalue weighted by molar-refractivity contribution is 7.17. The summed E-state index contributed by atoms with van der Waals surface area (Å²) in [5.74, 6) is -1.39. The average Bonchev–Trinajstić information content (AvgIpc) is 4.18. The molecule has 0 spiro atoms. The quantitative estimate of drug-likeness (QED) is 0.105. The van der Waals surface area contributed by atoms with Gasteiger partial charge in [-0.1, -0.05) is 55.8 Å². The zero-order valence-electron chi connectivity index (χ0n) is 36.0. The molecule has 9 aromatic rings. The van der Waals surface area contributed by atoms with Crippen molar-refractivity contribution in [1.82, 2.24) is 24.9 Å². The molecule has 4 aromatic carbocycles. The van der Waals surface area contributed by atoms with Gasteiger partial charge < -0.3 is 29.6 Å². The van der Waals surface area contributed by atoms with Crippen LogP contribution in [0.1, 0.15) is 79.2 Å². The van der Waals surface area contributed by atoms with E-state index >= 15 is 0 Å². The number of hydrogen-bond donors (Lipinski definition) is 5. The number of imidazole rings is 2. The SMILES string of the molecule is C/C=C\c1c(C2=C(O)C(=O)N(c3ccc4nc[nH]c4c3)C2c2coc3ccc(C)cc3c2=O)c[nH]c1C(C)C.CC1=C(O)C(=O)N(c2ccc3nc[nH]c3c2)C1c1csc2ccccc12. The van der Waals surface area contributed by atoms with Crippen molar-refractivity contribution in [2.75, 3.05) is 9.80 Å². The summed E-state index contributed by atoms with van der Waals surface area (Å²) in [6.07, 6.45) is 10.3. The molecular weight excluding hydrogens is 839 g/mol. The molecule has 0 bridgehead atoms. The smallest absolute Gasteiger partial charge is 0.294 e. The Morgan fingerprint density at radius 2 is 1.43 bits per heavy atom. The second kappa shape index (κ2) is 16.0. The van der Waals surface area contributed by atoms with Crippen molar-refractivity contribution in [3.63, 3.8) is 0 Å². The number of aliphatic hydroxyl groups is 2. The third kappa shape index (κ3) is 6.72. The van der Waals surface area contributed by atoms with Gasteiger partial charge in [-0.15, -0.1) is 11.3 Å². The van der Waals surface area contributed by atoms with E-state index in [2.05, 4.69) is 56.3 Å². The topological polar surface area (TPSA) is 184 Å². The molecule has 2 atom stereocenters. The van der Waals surface area contributed by atoms with E-state index in [1.54, 1.807) is 65.4 Å². The number of benzene rings is 4. The summed E-state index contributed by atoms with van der Waals surface area (Å²) in [5, 5.41) is 25.4. The lowest BCUT2D eigenvalue weighted by Crippen LogP contribution is -2.32. The Morgan fingerprint density at radius 3 is 2.11 bits per heavy atom. The van der Waals surface area contributed by atoms with Gasteiger partial charge in [-0.05, 0) is 97.6 Å². The molecule has 13 nitrogen and oxygen atoms in total. The molecule has 5 N–H and O–H groups in total. The molecule has 0 aliphatic carbocycles. The van der Waals surface area contributed by atoms with Gasteiger partial charge in [0.25, 0.3) is 11.8 Å². The molecular formula is C51H43N7O6S. The third-order valence-electron chi connectivity index (χ3n) is 12.2. The van der Waals surface area contributed by atoms with Gasteiger partial charge in [0.15, 0.2) is 16.9 Å². The molecule has 2 aliphatic rings. The maximum absolute atomic E-state index is 14.0. The number of anilines is 2. The van der Waals surface area contributed by atoms with Crippen LogP contribution in [0.15, 0.2) is 142 Å². The van der Waals surface area contributed by atoms with Crippen LogP contribution in [0.25, 0.3) is 54.8 Å². The van der Waals surface area contributed by atoms with Crippen LogP contribution in [0.2, 0.25) is 0 Å². The molecule has 2 amide bonds. The largest absolute Gasteiger partial charge is 0.503 e. The van der Waals surface area contributed by atoms with Crippen LogP contribution in [0.3, 0.4) is 0 Å². The molecule has 5 aromatic heterocycles. The third-order valence-corrected chi connectivity index (χ3v) is 13.2. The lowest BCUT2D eigenvalue weighted by Gasteiger charge is -2.27. The molecule has 14 heteroatoms. The first-order valence-electron chi connectivity index (χ1n) is 21.1. The van der Waals surface area contributed by atoms with Gasteiger partial charge >= 0.3 is 0 Å². The van der Waals surface area contributed by atoms with Crippen LogP contribution in [0.5, 0.6) is 0 Å². The van der Waals surface area contributed by atoms with Crippen LogP contribution < -0.4 is 15.2 Å². The molecule has 0 saturated heterocycles. The number of nitrogens with zero attached hydrogens (tertiary/aromatic N) is 4. The number of aliphatic hydroxyl groups excluding tert-OH is 2. The molecule has 0 saturated carbocycles. The molecule has 324 valence electrons. The van der Waals surface area contributed by atoms with Gasteiger partial charge in [0, 0.05) is 50.2 Å². The van der Waals surface area contributed by atoms with E-state index in [1.165, 1.54) is 11.2 Å². The Labute approximate surface area is 375 Å². The molecule has 2 unspecified atom stereocenters. The predicted molar refractivity (Wildman–Crippen MR) is 256 cm³/mol. The van der Waals surface area contributed by atoms with Crippen molar-refractivity contribution < 1.29 is 24.2 Å². The highest BCUT2D eigenvalue weighted by Crippen LogP contribution is 2.48. The van der Waals surface area contributed by atoms with Gasteiger partial charge in [-0.2, -0.15) is 0 Å². The van der Waals surface area contributed by atoms with Gasteiger partial charge in [0.1, 0.15) is 11.8 Å². The number of rotatable bonds is 7. The fourth-order valence-corrected chi connectivity index (χ4v) is 10.1. The number of nitrogens with one attached hydrogen (secondary N) is 3. The zero-order valence-corrected chi connectivity index (χ0v) is 36.8. The second-order valence-corrected chi connectivity index (χ2v) is 17.5. The fourth-order valence-electron chi connectivity index (χ4n) is 9.11. The standard InChI is InChI=1S/C31H28N4O4.C20H15N3O2S/c1-5-6-19-21(13-32-27(19)16(2)3)26-28(22-14-39-25-10-7-17(4)11-20(25)29(22)36)35(31(38)30(26)37)18-8-9-23-24(12-18)34-15-33-23;1-11-18(14-9-26-17-5-3-2-4-13(14)17)23(20(25)19(11)24)12-6-7-15-16(8-12)22-10-21-15/h5-16,28,32,37H,1-4H3,(H,33,34);2-10,18,24H,1H3,(H,21,22)/b6-5-;. The summed E-state index contributed by atoms with van der Waals surface area (Å²) in [6.45, 7) is 9.78. The van der Waals surface area contributed by atoms with Crippen LogP contribution in [-0.2, 0) is 9.59 Å². The summed E-state index contributed by atoms with van der Waals surface area (Å²) >= 11 is 1.65. The Hall–Kier alpha value is -7.97. The second-order valence-electron chi connectivity index (χ2n) is 16.5. The molecule has 2 aliphatic heterocycles. The summed E-state index contributed by atoms with van der Waals surface area (Å²) in [5.41, 5.74) is 10.3. The Kier molecular flexibility index (Phi) is 10.1. The first kappa shape index (κ1) is 41.1. The van der Waals surface area contributed by atoms with Gasteiger partial charge in [-0.3, -0.25) is 24.2 Å². The Bertz CT molecular complexity index is 3550. The number of aromatic amines is 3. The van der Waals surface area contributed by atoms with E-state index in [0.29, 0.717) is 33.4 Å². The molecule has 0 fully saturated rings. The predicted octanol–water partition coefficient (Wildman–Crippen LogP) is 11.2. The highest BCUT2D eigenvalue weighted by Gasteiger charge is 2.45. The van der Waals surface area contributed by atoms with Crippen molar-refractivity contribution in [3.8, 4) is 0 Å². The minimum atomic E-state index is -0.932. The Balaban J connectivity index is 0.000000166. The van der Waals surface area contributed by atoms with E-state index in [4.69, 9.17) is 4.42 Å². The number of aryl methyl sites for hydroxylation is 1. The lowest BCUT2D eigenvalue weighted by atomic mass is 9.90. The minimum Gasteiger partial charge on any atom is -0.503 e. The molecule has 65 heavy (non-hydrogen) atoms. The normalized spacial score (nSPS) is 16.8. The number of thiophene rings is 1. The average molecular weight is 882 g/mol. The number of carbonyl (C=O) groups is 2. The Morgan fingerprint density at radius 1 is 0.769 bits per heavy atom. The maximum atomic E-state index is 14.0. The number of amides is 2. The molecule has 0 radical (unpaired) electrons.